The van der Waals surface area contributed by atoms with Crippen molar-refractivity contribution in [1.82, 2.24) is 25.4 Å². The zero-order chi connectivity index (χ0) is 14.0. The molecule has 0 bridgehead atoms. The van der Waals surface area contributed by atoms with Crippen molar-refractivity contribution in [1.29, 1.82) is 0 Å². The standard InChI is InChI=1S/C12H19N5O2/c1-4-7(2)17-10(18)5-9(12(17)19)15-8(3)11-13-6-14-16-11/h6-9,15H,4-5H2,1-3H3,(H,13,14,16). The first-order chi connectivity index (χ1) is 9.04. The second-order valence-corrected chi connectivity index (χ2v) is 4.88. The van der Waals surface area contributed by atoms with Crippen LogP contribution in [0.1, 0.15) is 45.5 Å². The maximum Gasteiger partial charge on any atom is 0.247 e. The summed E-state index contributed by atoms with van der Waals surface area (Å²) in [5, 5.41) is 9.64. The lowest BCUT2D eigenvalue weighted by Crippen LogP contribution is -2.43. The number of hydrogen-bond acceptors (Lipinski definition) is 5. The molecule has 1 aromatic heterocycles. The maximum atomic E-state index is 12.2. The molecular formula is C12H19N5O2. The summed E-state index contributed by atoms with van der Waals surface area (Å²) < 4.78 is 0. The minimum absolute atomic E-state index is 0.0487. The molecule has 1 saturated heterocycles. The molecule has 1 fully saturated rings. The van der Waals surface area contributed by atoms with Gasteiger partial charge < -0.3 is 0 Å². The van der Waals surface area contributed by atoms with E-state index in [1.807, 2.05) is 20.8 Å². The Kier molecular flexibility index (Phi) is 3.94. The molecule has 104 valence electrons. The molecule has 19 heavy (non-hydrogen) atoms. The third kappa shape index (κ3) is 2.65. The van der Waals surface area contributed by atoms with Crippen LogP contribution in [-0.2, 0) is 9.59 Å². The molecule has 1 aliphatic heterocycles. The first kappa shape index (κ1) is 13.7. The first-order valence-corrected chi connectivity index (χ1v) is 6.51. The van der Waals surface area contributed by atoms with Crippen molar-refractivity contribution in [3.63, 3.8) is 0 Å². The molecule has 2 N–H and O–H groups in total. The monoisotopic (exact) mass is 265 g/mol. The van der Waals surface area contributed by atoms with Gasteiger partial charge in [-0.1, -0.05) is 6.92 Å². The van der Waals surface area contributed by atoms with Gasteiger partial charge in [0.2, 0.25) is 11.8 Å². The third-order valence-electron chi connectivity index (χ3n) is 3.51. The molecule has 2 rings (SSSR count). The van der Waals surface area contributed by atoms with Gasteiger partial charge in [-0.25, -0.2) is 4.98 Å². The quantitative estimate of drug-likeness (QED) is 0.751. The predicted octanol–water partition coefficient (Wildman–Crippen LogP) is 0.381. The van der Waals surface area contributed by atoms with Crippen LogP contribution in [0.3, 0.4) is 0 Å². The second kappa shape index (κ2) is 5.48. The minimum atomic E-state index is -0.471. The maximum absolute atomic E-state index is 12.2. The Hall–Kier alpha value is -1.76. The molecule has 3 atom stereocenters. The summed E-state index contributed by atoms with van der Waals surface area (Å²) in [5.74, 6) is 0.398. The van der Waals surface area contributed by atoms with Gasteiger partial charge in [0, 0.05) is 6.04 Å². The number of carbonyl (C=O) groups excluding carboxylic acids is 2. The molecule has 0 spiro atoms. The second-order valence-electron chi connectivity index (χ2n) is 4.88. The summed E-state index contributed by atoms with van der Waals surface area (Å²) in [4.78, 5) is 29.5. The fraction of sp³-hybridized carbons (Fsp3) is 0.667. The summed E-state index contributed by atoms with van der Waals surface area (Å²) in [6.45, 7) is 5.73. The van der Waals surface area contributed by atoms with Gasteiger partial charge in [0.1, 0.15) is 12.2 Å². The van der Waals surface area contributed by atoms with Crippen molar-refractivity contribution in [3.05, 3.63) is 12.2 Å². The van der Waals surface area contributed by atoms with E-state index < -0.39 is 6.04 Å². The summed E-state index contributed by atoms with van der Waals surface area (Å²) in [7, 11) is 0. The van der Waals surface area contributed by atoms with E-state index in [-0.39, 0.29) is 30.3 Å². The van der Waals surface area contributed by atoms with E-state index in [0.29, 0.717) is 5.82 Å². The van der Waals surface area contributed by atoms with Crippen LogP contribution in [0.5, 0.6) is 0 Å². The number of amides is 2. The van der Waals surface area contributed by atoms with Gasteiger partial charge in [-0.2, -0.15) is 5.10 Å². The van der Waals surface area contributed by atoms with Crippen molar-refractivity contribution >= 4 is 11.8 Å². The van der Waals surface area contributed by atoms with Crippen LogP contribution in [0.15, 0.2) is 6.33 Å². The van der Waals surface area contributed by atoms with Gasteiger partial charge in [0.25, 0.3) is 0 Å². The molecule has 0 saturated carbocycles. The highest BCUT2D eigenvalue weighted by Crippen LogP contribution is 2.20. The van der Waals surface area contributed by atoms with Gasteiger partial charge in [-0.05, 0) is 20.3 Å². The van der Waals surface area contributed by atoms with Crippen LogP contribution in [0.25, 0.3) is 0 Å². The van der Waals surface area contributed by atoms with Crippen molar-refractivity contribution in [3.8, 4) is 0 Å². The fourth-order valence-corrected chi connectivity index (χ4v) is 2.23. The number of aromatic amines is 1. The molecule has 3 unspecified atom stereocenters. The average Bonchev–Trinajstić information content (AvgIpc) is 2.98. The zero-order valence-corrected chi connectivity index (χ0v) is 11.4. The molecule has 1 aliphatic rings. The smallest absolute Gasteiger partial charge is 0.247 e. The summed E-state index contributed by atoms with van der Waals surface area (Å²) in [5.41, 5.74) is 0. The zero-order valence-electron chi connectivity index (χ0n) is 11.4. The Labute approximate surface area is 111 Å². The van der Waals surface area contributed by atoms with Crippen LogP contribution in [0, 0.1) is 0 Å². The summed E-state index contributed by atoms with van der Waals surface area (Å²) in [6, 6.07) is -0.671. The van der Waals surface area contributed by atoms with Crippen LogP contribution >= 0.6 is 0 Å². The van der Waals surface area contributed by atoms with E-state index in [0.717, 1.165) is 6.42 Å². The Balaban J connectivity index is 2.03. The van der Waals surface area contributed by atoms with Gasteiger partial charge in [-0.15, -0.1) is 0 Å². The van der Waals surface area contributed by atoms with Gasteiger partial charge in [-0.3, -0.25) is 24.9 Å². The highest BCUT2D eigenvalue weighted by Gasteiger charge is 2.41. The van der Waals surface area contributed by atoms with E-state index in [2.05, 4.69) is 20.5 Å². The molecule has 2 amide bonds. The van der Waals surface area contributed by atoms with E-state index >= 15 is 0 Å². The lowest BCUT2D eigenvalue weighted by Gasteiger charge is -2.22. The summed E-state index contributed by atoms with van der Waals surface area (Å²) in [6.07, 6.45) is 2.39. The van der Waals surface area contributed by atoms with Gasteiger partial charge in [0.05, 0.1) is 18.5 Å². The largest absolute Gasteiger partial charge is 0.296 e. The summed E-state index contributed by atoms with van der Waals surface area (Å²) >= 11 is 0. The van der Waals surface area contributed by atoms with E-state index in [1.54, 1.807) is 0 Å². The Morgan fingerprint density at radius 1 is 1.53 bits per heavy atom. The average molecular weight is 265 g/mol. The lowest BCUT2D eigenvalue weighted by atomic mass is 10.2. The number of nitrogens with one attached hydrogen (secondary N) is 2. The Bertz CT molecular complexity index is 459. The Morgan fingerprint density at radius 2 is 2.26 bits per heavy atom. The number of hydrogen-bond donors (Lipinski definition) is 2. The van der Waals surface area contributed by atoms with E-state index in [9.17, 15) is 9.59 Å². The van der Waals surface area contributed by atoms with Gasteiger partial charge >= 0.3 is 0 Å². The topological polar surface area (TPSA) is 91.0 Å². The number of likely N-dealkylation sites (tertiary alicyclic amines) is 1. The molecule has 0 aromatic carbocycles. The number of aromatic nitrogens is 3. The molecule has 7 nitrogen and oxygen atoms in total. The number of carbonyl (C=O) groups is 2. The van der Waals surface area contributed by atoms with Crippen molar-refractivity contribution < 1.29 is 9.59 Å². The number of H-pyrrole nitrogens is 1. The Morgan fingerprint density at radius 3 is 2.84 bits per heavy atom. The number of rotatable bonds is 5. The van der Waals surface area contributed by atoms with Crippen LogP contribution in [0.2, 0.25) is 0 Å². The number of imide groups is 1. The molecular weight excluding hydrogens is 246 g/mol. The molecule has 0 aliphatic carbocycles. The van der Waals surface area contributed by atoms with Crippen LogP contribution in [0.4, 0.5) is 0 Å². The predicted molar refractivity (Wildman–Crippen MR) is 67.9 cm³/mol. The fourth-order valence-electron chi connectivity index (χ4n) is 2.23. The SMILES string of the molecule is CCC(C)N1C(=O)CC(NC(C)c2ncn[nH]2)C1=O. The highest BCUT2D eigenvalue weighted by molar-refractivity contribution is 6.05. The minimum Gasteiger partial charge on any atom is -0.296 e. The normalized spacial score (nSPS) is 22.9. The van der Waals surface area contributed by atoms with E-state index in [4.69, 9.17) is 0 Å². The van der Waals surface area contributed by atoms with Crippen LogP contribution < -0.4 is 5.32 Å². The molecule has 7 heteroatoms. The molecule has 0 radical (unpaired) electrons. The third-order valence-corrected chi connectivity index (χ3v) is 3.51. The van der Waals surface area contributed by atoms with Crippen molar-refractivity contribution in [2.45, 2.75) is 51.7 Å². The van der Waals surface area contributed by atoms with Crippen molar-refractivity contribution in [2.24, 2.45) is 0 Å². The number of nitrogens with zero attached hydrogens (tertiary/aromatic N) is 3. The van der Waals surface area contributed by atoms with E-state index in [1.165, 1.54) is 11.2 Å². The lowest BCUT2D eigenvalue weighted by molar-refractivity contribution is -0.141. The first-order valence-electron chi connectivity index (χ1n) is 6.51. The van der Waals surface area contributed by atoms with Gasteiger partial charge in [0.15, 0.2) is 0 Å². The highest BCUT2D eigenvalue weighted by atomic mass is 16.2. The molecule has 2 heterocycles. The molecule has 1 aromatic rings. The van der Waals surface area contributed by atoms with Crippen LogP contribution in [-0.4, -0.2) is 44.0 Å². The van der Waals surface area contributed by atoms with Crippen molar-refractivity contribution in [2.75, 3.05) is 0 Å².